The highest BCUT2D eigenvalue weighted by Gasteiger charge is 2.29. The molecular weight excluding hydrogens is 314 g/mol. The molecular formula is C16H25N3O3S. The number of urea groups is 1. The minimum atomic E-state index is -3.35. The first-order valence-corrected chi connectivity index (χ1v) is 9.47. The van der Waals surface area contributed by atoms with E-state index in [9.17, 15) is 13.2 Å². The van der Waals surface area contributed by atoms with Gasteiger partial charge in [-0.05, 0) is 26.3 Å². The molecule has 1 aliphatic rings. The third-order valence-corrected chi connectivity index (χ3v) is 5.61. The van der Waals surface area contributed by atoms with E-state index in [1.165, 1.54) is 4.31 Å². The van der Waals surface area contributed by atoms with Gasteiger partial charge in [0, 0.05) is 32.2 Å². The number of aryl methyl sites for hydroxylation is 1. The molecule has 6 nitrogen and oxygen atoms in total. The highest BCUT2D eigenvalue weighted by Crippen LogP contribution is 2.14. The molecule has 2 rings (SSSR count). The maximum absolute atomic E-state index is 12.5. The first-order chi connectivity index (χ1) is 10.8. The number of carbonyl (C=O) groups excluding carboxylic acids is 1. The van der Waals surface area contributed by atoms with Crippen molar-refractivity contribution in [1.82, 2.24) is 14.5 Å². The molecule has 1 aromatic carbocycles. The molecule has 1 aliphatic heterocycles. The van der Waals surface area contributed by atoms with E-state index in [0.29, 0.717) is 26.2 Å². The highest BCUT2D eigenvalue weighted by molar-refractivity contribution is 7.88. The number of amides is 2. The minimum Gasteiger partial charge on any atom is -0.336 e. The first kappa shape index (κ1) is 17.7. The summed E-state index contributed by atoms with van der Waals surface area (Å²) in [6.07, 6.45) is 0. The number of nitrogens with one attached hydrogen (secondary N) is 1. The van der Waals surface area contributed by atoms with Gasteiger partial charge in [0.05, 0.1) is 5.75 Å². The number of piperazine rings is 1. The number of nitrogens with zero attached hydrogens (tertiary/aromatic N) is 2. The van der Waals surface area contributed by atoms with Crippen LogP contribution in [0.5, 0.6) is 0 Å². The number of sulfonamides is 1. The lowest BCUT2D eigenvalue weighted by molar-refractivity contribution is 0.170. The molecule has 0 bridgehead atoms. The van der Waals surface area contributed by atoms with E-state index in [1.807, 2.05) is 45.0 Å². The molecule has 1 fully saturated rings. The summed E-state index contributed by atoms with van der Waals surface area (Å²) in [6.45, 7) is 7.29. The Morgan fingerprint density at radius 1 is 1.22 bits per heavy atom. The fourth-order valence-electron chi connectivity index (χ4n) is 2.61. The van der Waals surface area contributed by atoms with Crippen LogP contribution in [-0.4, -0.2) is 55.9 Å². The Balaban J connectivity index is 1.94. The Hall–Kier alpha value is -1.60. The molecule has 0 spiro atoms. The average molecular weight is 339 g/mol. The Morgan fingerprint density at radius 2 is 1.87 bits per heavy atom. The van der Waals surface area contributed by atoms with Crippen LogP contribution in [0.15, 0.2) is 24.3 Å². The number of rotatable bonds is 4. The van der Waals surface area contributed by atoms with E-state index in [-0.39, 0.29) is 17.8 Å². The molecule has 0 aliphatic carbocycles. The molecule has 0 radical (unpaired) electrons. The molecule has 128 valence electrons. The third kappa shape index (κ3) is 4.94. The van der Waals surface area contributed by atoms with Gasteiger partial charge in [-0.15, -0.1) is 0 Å². The first-order valence-electron chi connectivity index (χ1n) is 7.87. The van der Waals surface area contributed by atoms with Crippen LogP contribution >= 0.6 is 0 Å². The Bertz CT molecular complexity index is 650. The molecule has 1 aromatic rings. The van der Waals surface area contributed by atoms with Gasteiger partial charge in [-0.3, -0.25) is 0 Å². The SMILES string of the molecule is Cc1cccc(CS(=O)(=O)N2CCN(C(=O)NC(C)C)CC2)c1. The van der Waals surface area contributed by atoms with Gasteiger partial charge in [0.25, 0.3) is 0 Å². The van der Waals surface area contributed by atoms with Crippen molar-refractivity contribution in [3.8, 4) is 0 Å². The second kappa shape index (κ2) is 7.31. The zero-order chi connectivity index (χ0) is 17.0. The molecule has 23 heavy (non-hydrogen) atoms. The van der Waals surface area contributed by atoms with Crippen molar-refractivity contribution in [2.75, 3.05) is 26.2 Å². The van der Waals surface area contributed by atoms with E-state index in [1.54, 1.807) is 4.90 Å². The molecule has 1 saturated heterocycles. The Kier molecular flexibility index (Phi) is 5.64. The second-order valence-electron chi connectivity index (χ2n) is 6.24. The Labute approximate surface area is 138 Å². The lowest BCUT2D eigenvalue weighted by Crippen LogP contribution is -2.54. The summed E-state index contributed by atoms with van der Waals surface area (Å²) in [6, 6.07) is 7.48. The molecule has 0 saturated carbocycles. The monoisotopic (exact) mass is 339 g/mol. The van der Waals surface area contributed by atoms with Gasteiger partial charge < -0.3 is 10.2 Å². The molecule has 0 unspecified atom stereocenters. The number of benzene rings is 1. The van der Waals surface area contributed by atoms with Crippen LogP contribution in [0.2, 0.25) is 0 Å². The second-order valence-corrected chi connectivity index (χ2v) is 8.20. The topological polar surface area (TPSA) is 69.7 Å². The number of hydrogen-bond acceptors (Lipinski definition) is 3. The standard InChI is InChI=1S/C16H25N3O3S/c1-13(2)17-16(20)18-7-9-19(10-8-18)23(21,22)12-15-6-4-5-14(3)11-15/h4-6,11,13H,7-10,12H2,1-3H3,(H,17,20). The molecule has 1 N–H and O–H groups in total. The summed E-state index contributed by atoms with van der Waals surface area (Å²) in [4.78, 5) is 13.6. The van der Waals surface area contributed by atoms with Crippen molar-refractivity contribution in [3.63, 3.8) is 0 Å². The minimum absolute atomic E-state index is 0.00682. The summed E-state index contributed by atoms with van der Waals surface area (Å²) in [5.74, 6) is 0.00682. The zero-order valence-corrected chi connectivity index (χ0v) is 14.8. The van der Waals surface area contributed by atoms with Crippen LogP contribution in [-0.2, 0) is 15.8 Å². The summed E-state index contributed by atoms with van der Waals surface area (Å²) >= 11 is 0. The molecule has 1 heterocycles. The van der Waals surface area contributed by atoms with Crippen LogP contribution in [0.3, 0.4) is 0 Å². The van der Waals surface area contributed by atoms with Crippen molar-refractivity contribution in [2.45, 2.75) is 32.6 Å². The third-order valence-electron chi connectivity index (χ3n) is 3.76. The maximum atomic E-state index is 12.5. The summed E-state index contributed by atoms with van der Waals surface area (Å²) in [5, 5.41) is 2.83. The van der Waals surface area contributed by atoms with Crippen LogP contribution in [0.25, 0.3) is 0 Å². The van der Waals surface area contributed by atoms with Crippen LogP contribution < -0.4 is 5.32 Å². The lowest BCUT2D eigenvalue weighted by Gasteiger charge is -2.34. The molecule has 7 heteroatoms. The van der Waals surface area contributed by atoms with E-state index < -0.39 is 10.0 Å². The zero-order valence-electron chi connectivity index (χ0n) is 13.9. The van der Waals surface area contributed by atoms with Gasteiger partial charge >= 0.3 is 6.03 Å². The quantitative estimate of drug-likeness (QED) is 0.905. The average Bonchev–Trinajstić information content (AvgIpc) is 2.46. The lowest BCUT2D eigenvalue weighted by atomic mass is 10.2. The fourth-order valence-corrected chi connectivity index (χ4v) is 4.11. The fraction of sp³-hybridized carbons (Fsp3) is 0.562. The largest absolute Gasteiger partial charge is 0.336 e. The van der Waals surface area contributed by atoms with Gasteiger partial charge in [-0.1, -0.05) is 29.8 Å². The predicted molar refractivity (Wildman–Crippen MR) is 90.6 cm³/mol. The van der Waals surface area contributed by atoms with E-state index in [4.69, 9.17) is 0 Å². The van der Waals surface area contributed by atoms with E-state index in [2.05, 4.69) is 5.32 Å². The maximum Gasteiger partial charge on any atom is 0.317 e. The Morgan fingerprint density at radius 3 is 2.43 bits per heavy atom. The van der Waals surface area contributed by atoms with Gasteiger partial charge in [0.1, 0.15) is 0 Å². The van der Waals surface area contributed by atoms with E-state index in [0.717, 1.165) is 11.1 Å². The normalized spacial score (nSPS) is 16.6. The molecule has 0 atom stereocenters. The van der Waals surface area contributed by atoms with Crippen molar-refractivity contribution in [1.29, 1.82) is 0 Å². The number of carbonyl (C=O) groups is 1. The highest BCUT2D eigenvalue weighted by atomic mass is 32.2. The van der Waals surface area contributed by atoms with Gasteiger partial charge in [-0.2, -0.15) is 4.31 Å². The van der Waals surface area contributed by atoms with Crippen molar-refractivity contribution < 1.29 is 13.2 Å². The van der Waals surface area contributed by atoms with Crippen molar-refractivity contribution in [2.24, 2.45) is 0 Å². The van der Waals surface area contributed by atoms with Crippen molar-refractivity contribution in [3.05, 3.63) is 35.4 Å². The molecule has 2 amide bonds. The van der Waals surface area contributed by atoms with Crippen molar-refractivity contribution >= 4 is 16.1 Å². The van der Waals surface area contributed by atoms with Gasteiger partial charge in [0.2, 0.25) is 10.0 Å². The van der Waals surface area contributed by atoms with Gasteiger partial charge in [0.15, 0.2) is 0 Å². The summed E-state index contributed by atoms with van der Waals surface area (Å²) in [7, 11) is -3.35. The van der Waals surface area contributed by atoms with Gasteiger partial charge in [-0.25, -0.2) is 13.2 Å². The number of hydrogen-bond donors (Lipinski definition) is 1. The predicted octanol–water partition coefficient (Wildman–Crippen LogP) is 1.56. The van der Waals surface area contributed by atoms with E-state index >= 15 is 0 Å². The van der Waals surface area contributed by atoms with Crippen LogP contribution in [0.4, 0.5) is 4.79 Å². The summed E-state index contributed by atoms with van der Waals surface area (Å²) in [5.41, 5.74) is 1.85. The summed E-state index contributed by atoms with van der Waals surface area (Å²) < 4.78 is 26.5. The molecule has 0 aromatic heterocycles. The van der Waals surface area contributed by atoms with Crippen LogP contribution in [0, 0.1) is 6.92 Å². The smallest absolute Gasteiger partial charge is 0.317 e. The van der Waals surface area contributed by atoms with Crippen LogP contribution in [0.1, 0.15) is 25.0 Å².